The van der Waals surface area contributed by atoms with E-state index < -0.39 is 0 Å². The van der Waals surface area contributed by atoms with Gasteiger partial charge in [0.1, 0.15) is 18.2 Å². The average Bonchev–Trinajstić information content (AvgIpc) is 2.76. The van der Waals surface area contributed by atoms with Crippen LogP contribution < -0.4 is 19.5 Å². The Hall–Kier alpha value is -2.76. The van der Waals surface area contributed by atoms with Crippen LogP contribution in [-0.4, -0.2) is 13.7 Å². The molecule has 158 valence electrons. The normalized spacial score (nSPS) is 10.7. The molecular weight excluding hydrogens is 405 g/mol. The van der Waals surface area contributed by atoms with Crippen molar-refractivity contribution in [2.24, 2.45) is 0 Å². The highest BCUT2D eigenvalue weighted by atomic mass is 35.5. The molecule has 1 N–H and O–H groups in total. The van der Waals surface area contributed by atoms with E-state index in [2.05, 4.69) is 5.32 Å². The van der Waals surface area contributed by atoms with E-state index in [0.717, 1.165) is 16.9 Å². The summed E-state index contributed by atoms with van der Waals surface area (Å²) in [6.07, 6.45) is 0. The van der Waals surface area contributed by atoms with E-state index in [9.17, 15) is 4.39 Å². The third kappa shape index (κ3) is 5.88. The van der Waals surface area contributed by atoms with Crippen LogP contribution in [0.15, 0.2) is 60.7 Å². The molecule has 30 heavy (non-hydrogen) atoms. The van der Waals surface area contributed by atoms with Crippen LogP contribution in [0.4, 0.5) is 4.39 Å². The Morgan fingerprint density at radius 1 is 0.900 bits per heavy atom. The minimum absolute atomic E-state index is 0.0954. The molecule has 0 heterocycles. The first-order valence-corrected chi connectivity index (χ1v) is 10.1. The van der Waals surface area contributed by atoms with Crippen LogP contribution in [0.3, 0.4) is 0 Å². The standard InChI is InChI=1S/C24H25ClFNO3/c1-3-29-23-12-19(15-27-14-17-8-10-20(28-2)11-9-17)21(25)13-24(23)30-16-18-6-4-5-7-22(18)26/h4-13,27H,3,14-16H2,1-2H3. The molecule has 3 aromatic rings. The first-order chi connectivity index (χ1) is 14.6. The summed E-state index contributed by atoms with van der Waals surface area (Å²) in [7, 11) is 1.65. The molecular formula is C24H25ClFNO3. The summed E-state index contributed by atoms with van der Waals surface area (Å²) in [6, 6.07) is 18.0. The molecule has 0 aromatic heterocycles. The number of methoxy groups -OCH3 is 1. The molecule has 3 rings (SSSR count). The van der Waals surface area contributed by atoms with Crippen LogP contribution in [0, 0.1) is 5.82 Å². The zero-order valence-electron chi connectivity index (χ0n) is 17.1. The van der Waals surface area contributed by atoms with Gasteiger partial charge in [-0.15, -0.1) is 0 Å². The summed E-state index contributed by atoms with van der Waals surface area (Å²) in [6.45, 7) is 3.74. The van der Waals surface area contributed by atoms with Crippen LogP contribution in [0.2, 0.25) is 5.02 Å². The van der Waals surface area contributed by atoms with Gasteiger partial charge in [0.15, 0.2) is 11.5 Å². The molecule has 0 saturated carbocycles. The molecule has 0 radical (unpaired) electrons. The van der Waals surface area contributed by atoms with Crippen molar-refractivity contribution in [1.29, 1.82) is 0 Å². The lowest BCUT2D eigenvalue weighted by atomic mass is 10.1. The SMILES string of the molecule is CCOc1cc(CNCc2ccc(OC)cc2)c(Cl)cc1OCc1ccccc1F. The number of rotatable bonds is 10. The molecule has 0 aliphatic heterocycles. The summed E-state index contributed by atoms with van der Waals surface area (Å²) < 4.78 is 30.6. The van der Waals surface area contributed by atoms with Crippen molar-refractivity contribution < 1.29 is 18.6 Å². The molecule has 0 fully saturated rings. The van der Waals surface area contributed by atoms with Gasteiger partial charge in [0.2, 0.25) is 0 Å². The second kappa shape index (κ2) is 10.9. The summed E-state index contributed by atoms with van der Waals surface area (Å²) in [5, 5.41) is 3.94. The monoisotopic (exact) mass is 429 g/mol. The van der Waals surface area contributed by atoms with Crippen molar-refractivity contribution in [3.8, 4) is 17.2 Å². The minimum Gasteiger partial charge on any atom is -0.497 e. The van der Waals surface area contributed by atoms with E-state index in [1.54, 1.807) is 31.4 Å². The van der Waals surface area contributed by atoms with E-state index in [1.165, 1.54) is 6.07 Å². The molecule has 0 bridgehead atoms. The number of ether oxygens (including phenoxy) is 3. The molecule has 0 aliphatic rings. The highest BCUT2D eigenvalue weighted by Gasteiger charge is 2.12. The van der Waals surface area contributed by atoms with Gasteiger partial charge in [-0.25, -0.2) is 4.39 Å². The Labute approximate surface area is 181 Å². The van der Waals surface area contributed by atoms with Gasteiger partial charge < -0.3 is 19.5 Å². The number of benzene rings is 3. The maximum atomic E-state index is 13.9. The molecule has 3 aromatic carbocycles. The summed E-state index contributed by atoms with van der Waals surface area (Å²) >= 11 is 6.47. The Kier molecular flexibility index (Phi) is 7.94. The lowest BCUT2D eigenvalue weighted by Crippen LogP contribution is -2.13. The Balaban J connectivity index is 1.66. The van der Waals surface area contributed by atoms with Crippen LogP contribution in [0.5, 0.6) is 17.2 Å². The van der Waals surface area contributed by atoms with Gasteiger partial charge >= 0.3 is 0 Å². The fourth-order valence-electron chi connectivity index (χ4n) is 2.95. The lowest BCUT2D eigenvalue weighted by Gasteiger charge is -2.15. The van der Waals surface area contributed by atoms with Crippen molar-refractivity contribution in [2.75, 3.05) is 13.7 Å². The van der Waals surface area contributed by atoms with Crippen molar-refractivity contribution in [3.05, 3.63) is 88.2 Å². The largest absolute Gasteiger partial charge is 0.497 e. The highest BCUT2D eigenvalue weighted by Crippen LogP contribution is 2.34. The van der Waals surface area contributed by atoms with Gasteiger partial charge in [0.05, 0.1) is 13.7 Å². The molecule has 0 saturated heterocycles. The number of nitrogens with one attached hydrogen (secondary N) is 1. The average molecular weight is 430 g/mol. The topological polar surface area (TPSA) is 39.7 Å². The fourth-order valence-corrected chi connectivity index (χ4v) is 3.17. The third-order valence-electron chi connectivity index (χ3n) is 4.56. The van der Waals surface area contributed by atoms with Crippen molar-refractivity contribution in [2.45, 2.75) is 26.6 Å². The Bertz CT molecular complexity index is 963. The van der Waals surface area contributed by atoms with E-state index in [1.807, 2.05) is 37.3 Å². The Morgan fingerprint density at radius 2 is 1.63 bits per heavy atom. The molecule has 0 aliphatic carbocycles. The molecule has 0 spiro atoms. The zero-order chi connectivity index (χ0) is 21.3. The fraction of sp³-hybridized carbons (Fsp3) is 0.250. The molecule has 6 heteroatoms. The van der Waals surface area contributed by atoms with Crippen molar-refractivity contribution >= 4 is 11.6 Å². The maximum absolute atomic E-state index is 13.9. The summed E-state index contributed by atoms with van der Waals surface area (Å²) in [4.78, 5) is 0. The number of hydrogen-bond acceptors (Lipinski definition) is 4. The van der Waals surface area contributed by atoms with Crippen LogP contribution in [-0.2, 0) is 19.7 Å². The summed E-state index contributed by atoms with van der Waals surface area (Å²) in [5.41, 5.74) is 2.51. The third-order valence-corrected chi connectivity index (χ3v) is 4.91. The quantitative estimate of drug-likeness (QED) is 0.445. The maximum Gasteiger partial charge on any atom is 0.163 e. The van der Waals surface area contributed by atoms with E-state index in [4.69, 9.17) is 25.8 Å². The van der Waals surface area contributed by atoms with Crippen LogP contribution in [0.1, 0.15) is 23.6 Å². The minimum atomic E-state index is -0.305. The molecule has 4 nitrogen and oxygen atoms in total. The first-order valence-electron chi connectivity index (χ1n) is 9.75. The van der Waals surface area contributed by atoms with Gasteiger partial charge in [-0.05, 0) is 42.3 Å². The van der Waals surface area contributed by atoms with Crippen LogP contribution >= 0.6 is 11.6 Å². The number of hydrogen-bond donors (Lipinski definition) is 1. The summed E-state index contributed by atoms with van der Waals surface area (Å²) in [5.74, 6) is 1.60. The molecule has 0 amide bonds. The van der Waals surface area contributed by atoms with Crippen molar-refractivity contribution in [3.63, 3.8) is 0 Å². The number of halogens is 2. The smallest absolute Gasteiger partial charge is 0.163 e. The van der Waals surface area contributed by atoms with E-state index >= 15 is 0 Å². The lowest BCUT2D eigenvalue weighted by molar-refractivity contribution is 0.265. The predicted molar refractivity (Wildman–Crippen MR) is 117 cm³/mol. The van der Waals surface area contributed by atoms with Gasteiger partial charge in [-0.1, -0.05) is 41.9 Å². The van der Waals surface area contributed by atoms with E-state index in [0.29, 0.717) is 41.8 Å². The van der Waals surface area contributed by atoms with Gasteiger partial charge in [0, 0.05) is 29.7 Å². The van der Waals surface area contributed by atoms with E-state index in [-0.39, 0.29) is 12.4 Å². The predicted octanol–water partition coefficient (Wildman–Crippen LogP) is 5.76. The van der Waals surface area contributed by atoms with Crippen molar-refractivity contribution in [1.82, 2.24) is 5.32 Å². The second-order valence-corrected chi connectivity index (χ2v) is 7.06. The van der Waals surface area contributed by atoms with Gasteiger partial charge in [-0.2, -0.15) is 0 Å². The van der Waals surface area contributed by atoms with Crippen LogP contribution in [0.25, 0.3) is 0 Å². The Morgan fingerprint density at radius 3 is 2.33 bits per heavy atom. The molecule has 0 unspecified atom stereocenters. The highest BCUT2D eigenvalue weighted by molar-refractivity contribution is 6.31. The molecule has 0 atom stereocenters. The first kappa shape index (κ1) is 21.9. The second-order valence-electron chi connectivity index (χ2n) is 6.66. The van der Waals surface area contributed by atoms with Gasteiger partial charge in [0.25, 0.3) is 0 Å². The van der Waals surface area contributed by atoms with Gasteiger partial charge in [-0.3, -0.25) is 0 Å². The zero-order valence-corrected chi connectivity index (χ0v) is 17.8.